The molecule has 0 bridgehead atoms. The number of benzene rings is 1. The van der Waals surface area contributed by atoms with Crippen LogP contribution in [-0.4, -0.2) is 0 Å². The first-order chi connectivity index (χ1) is 6.47. The summed E-state index contributed by atoms with van der Waals surface area (Å²) < 4.78 is 0. The summed E-state index contributed by atoms with van der Waals surface area (Å²) in [5, 5.41) is 0. The van der Waals surface area contributed by atoms with Crippen LogP contribution in [0.5, 0.6) is 0 Å². The first kappa shape index (κ1) is 11.3. The van der Waals surface area contributed by atoms with Crippen molar-refractivity contribution in [3.8, 4) is 0 Å². The molecule has 1 atom stereocenters. The molecular formula is C13H21N. The minimum absolute atomic E-state index is 0.133. The summed E-state index contributed by atoms with van der Waals surface area (Å²) in [7, 11) is 0. The normalized spacial score (nSPS) is 14.1. The monoisotopic (exact) mass is 191 g/mol. The van der Waals surface area contributed by atoms with Crippen molar-refractivity contribution in [2.75, 3.05) is 0 Å². The molecule has 0 aromatic heterocycles. The lowest BCUT2D eigenvalue weighted by atomic mass is 9.82. The fourth-order valence-electron chi connectivity index (χ4n) is 1.44. The van der Waals surface area contributed by atoms with Crippen molar-refractivity contribution < 1.29 is 0 Å². The van der Waals surface area contributed by atoms with Crippen molar-refractivity contribution in [2.24, 2.45) is 5.73 Å². The summed E-state index contributed by atoms with van der Waals surface area (Å²) >= 11 is 0. The van der Waals surface area contributed by atoms with Gasteiger partial charge in [0.2, 0.25) is 0 Å². The molecule has 0 saturated carbocycles. The molecule has 0 radical (unpaired) electrons. The largest absolute Gasteiger partial charge is 0.324 e. The molecule has 0 amide bonds. The summed E-state index contributed by atoms with van der Waals surface area (Å²) in [6, 6.07) is 8.80. The molecule has 0 aliphatic heterocycles. The zero-order chi connectivity index (χ0) is 10.8. The van der Waals surface area contributed by atoms with E-state index in [1.807, 2.05) is 6.92 Å². The third-order valence-corrected chi connectivity index (χ3v) is 3.10. The molecule has 1 nitrogen and oxygen atoms in total. The molecule has 0 fully saturated rings. The van der Waals surface area contributed by atoms with Gasteiger partial charge in [0.1, 0.15) is 0 Å². The Morgan fingerprint density at radius 1 is 1.21 bits per heavy atom. The smallest absolute Gasteiger partial charge is 0.0266 e. The first-order valence-electron chi connectivity index (χ1n) is 5.33. The Morgan fingerprint density at radius 3 is 2.07 bits per heavy atom. The van der Waals surface area contributed by atoms with Gasteiger partial charge in [0.05, 0.1) is 0 Å². The number of rotatable bonds is 3. The van der Waals surface area contributed by atoms with Gasteiger partial charge in [0, 0.05) is 6.04 Å². The van der Waals surface area contributed by atoms with E-state index >= 15 is 0 Å². The fraction of sp³-hybridized carbons (Fsp3) is 0.538. The van der Waals surface area contributed by atoms with Crippen LogP contribution in [0.25, 0.3) is 0 Å². The summed E-state index contributed by atoms with van der Waals surface area (Å²) in [6.07, 6.45) is 1.16. The maximum absolute atomic E-state index is 5.81. The van der Waals surface area contributed by atoms with Gasteiger partial charge in [0.15, 0.2) is 0 Å². The van der Waals surface area contributed by atoms with Crippen molar-refractivity contribution in [3.63, 3.8) is 0 Å². The Morgan fingerprint density at radius 2 is 1.71 bits per heavy atom. The highest BCUT2D eigenvalue weighted by atomic mass is 14.6. The molecule has 14 heavy (non-hydrogen) atoms. The quantitative estimate of drug-likeness (QED) is 0.778. The SMILES string of the molecule is CCC(C)(C)c1ccc(C(C)N)cc1. The van der Waals surface area contributed by atoms with Crippen LogP contribution in [0.2, 0.25) is 0 Å². The van der Waals surface area contributed by atoms with E-state index in [1.165, 1.54) is 11.1 Å². The lowest BCUT2D eigenvalue weighted by Crippen LogP contribution is -2.15. The Kier molecular flexibility index (Phi) is 3.33. The molecule has 2 N–H and O–H groups in total. The highest BCUT2D eigenvalue weighted by Crippen LogP contribution is 2.27. The molecule has 0 spiro atoms. The Bertz CT molecular complexity index is 283. The van der Waals surface area contributed by atoms with Gasteiger partial charge in [-0.1, -0.05) is 45.0 Å². The van der Waals surface area contributed by atoms with Crippen LogP contribution in [0.1, 0.15) is 51.3 Å². The van der Waals surface area contributed by atoms with Gasteiger partial charge in [-0.25, -0.2) is 0 Å². The Labute approximate surface area is 87.3 Å². The highest BCUT2D eigenvalue weighted by Gasteiger charge is 2.17. The first-order valence-corrected chi connectivity index (χ1v) is 5.33. The molecule has 1 aromatic carbocycles. The summed E-state index contributed by atoms with van der Waals surface area (Å²) in [4.78, 5) is 0. The highest BCUT2D eigenvalue weighted by molar-refractivity contribution is 5.29. The summed E-state index contributed by atoms with van der Waals surface area (Å²) in [5.74, 6) is 0. The maximum Gasteiger partial charge on any atom is 0.0266 e. The van der Waals surface area contributed by atoms with Crippen molar-refractivity contribution in [3.05, 3.63) is 35.4 Å². The predicted molar refractivity (Wildman–Crippen MR) is 62.4 cm³/mol. The Hall–Kier alpha value is -0.820. The third kappa shape index (κ3) is 2.36. The van der Waals surface area contributed by atoms with E-state index in [1.54, 1.807) is 0 Å². The summed E-state index contributed by atoms with van der Waals surface area (Å²) in [6.45, 7) is 8.78. The predicted octanol–water partition coefficient (Wildman–Crippen LogP) is 3.39. The second kappa shape index (κ2) is 4.14. The second-order valence-corrected chi connectivity index (χ2v) is 4.65. The van der Waals surface area contributed by atoms with E-state index < -0.39 is 0 Å². The molecule has 1 rings (SSSR count). The number of hydrogen-bond donors (Lipinski definition) is 1. The fourth-order valence-corrected chi connectivity index (χ4v) is 1.44. The van der Waals surface area contributed by atoms with Gasteiger partial charge in [0.25, 0.3) is 0 Å². The lowest BCUT2D eigenvalue weighted by molar-refractivity contribution is 0.506. The zero-order valence-corrected chi connectivity index (χ0v) is 9.67. The van der Waals surface area contributed by atoms with Crippen LogP contribution in [0.3, 0.4) is 0 Å². The van der Waals surface area contributed by atoms with Crippen LogP contribution in [0, 0.1) is 0 Å². The molecule has 0 aliphatic rings. The third-order valence-electron chi connectivity index (χ3n) is 3.10. The van der Waals surface area contributed by atoms with E-state index in [0.717, 1.165) is 6.42 Å². The molecule has 1 heteroatoms. The topological polar surface area (TPSA) is 26.0 Å². The van der Waals surface area contributed by atoms with Gasteiger partial charge in [-0.3, -0.25) is 0 Å². The molecule has 0 aliphatic carbocycles. The van der Waals surface area contributed by atoms with Crippen molar-refractivity contribution >= 4 is 0 Å². The van der Waals surface area contributed by atoms with E-state index in [2.05, 4.69) is 45.0 Å². The average Bonchev–Trinajstić information content (AvgIpc) is 2.18. The maximum atomic E-state index is 5.81. The molecule has 0 saturated heterocycles. The lowest BCUT2D eigenvalue weighted by Gasteiger charge is -2.23. The minimum atomic E-state index is 0.133. The minimum Gasteiger partial charge on any atom is -0.324 e. The summed E-state index contributed by atoms with van der Waals surface area (Å²) in [5.41, 5.74) is 8.68. The molecule has 78 valence electrons. The number of hydrogen-bond acceptors (Lipinski definition) is 1. The van der Waals surface area contributed by atoms with Gasteiger partial charge < -0.3 is 5.73 Å². The van der Waals surface area contributed by atoms with E-state index in [0.29, 0.717) is 0 Å². The van der Waals surface area contributed by atoms with Crippen LogP contribution >= 0.6 is 0 Å². The van der Waals surface area contributed by atoms with Crippen molar-refractivity contribution in [1.29, 1.82) is 0 Å². The van der Waals surface area contributed by atoms with Crippen molar-refractivity contribution in [1.82, 2.24) is 0 Å². The molecule has 0 heterocycles. The molecule has 1 aromatic rings. The van der Waals surface area contributed by atoms with Crippen molar-refractivity contribution in [2.45, 2.75) is 45.6 Å². The van der Waals surface area contributed by atoms with E-state index in [-0.39, 0.29) is 11.5 Å². The zero-order valence-electron chi connectivity index (χ0n) is 9.67. The van der Waals surface area contributed by atoms with Crippen LogP contribution in [0.4, 0.5) is 0 Å². The average molecular weight is 191 g/mol. The molecule has 1 unspecified atom stereocenters. The van der Waals surface area contributed by atoms with Crippen LogP contribution in [0.15, 0.2) is 24.3 Å². The standard InChI is InChI=1S/C13H21N/c1-5-13(3,4)12-8-6-11(7-9-12)10(2)14/h6-10H,5,14H2,1-4H3. The van der Waals surface area contributed by atoms with Gasteiger partial charge in [-0.2, -0.15) is 0 Å². The number of nitrogens with two attached hydrogens (primary N) is 1. The van der Waals surface area contributed by atoms with Crippen LogP contribution in [-0.2, 0) is 5.41 Å². The van der Waals surface area contributed by atoms with Gasteiger partial charge >= 0.3 is 0 Å². The Balaban J connectivity index is 2.94. The van der Waals surface area contributed by atoms with Gasteiger partial charge in [-0.15, -0.1) is 0 Å². The molecular weight excluding hydrogens is 170 g/mol. The van der Waals surface area contributed by atoms with E-state index in [9.17, 15) is 0 Å². The van der Waals surface area contributed by atoms with Crippen LogP contribution < -0.4 is 5.73 Å². The van der Waals surface area contributed by atoms with E-state index in [4.69, 9.17) is 5.73 Å². The second-order valence-electron chi connectivity index (χ2n) is 4.65. The van der Waals surface area contributed by atoms with Gasteiger partial charge in [-0.05, 0) is 29.9 Å².